The molecule has 3 N–H and O–H groups in total. The van der Waals surface area contributed by atoms with Gasteiger partial charge in [-0.05, 0) is 37.8 Å². The van der Waals surface area contributed by atoms with Crippen molar-refractivity contribution in [2.45, 2.75) is 83.0 Å². The van der Waals surface area contributed by atoms with Gasteiger partial charge in [0.2, 0.25) is 0 Å². The Bertz CT molecular complexity index is 684. The predicted octanol–water partition coefficient (Wildman–Crippen LogP) is 5.13. The summed E-state index contributed by atoms with van der Waals surface area (Å²) in [7, 11) is 0. The molecule has 1 saturated carbocycles. The molecule has 2 rings (SSSR count). The molecule has 0 amide bonds. The molecule has 0 bridgehead atoms. The Morgan fingerprint density at radius 3 is 2.68 bits per heavy atom. The molecule has 0 aliphatic heterocycles. The molecule has 0 saturated heterocycles. The largest absolute Gasteiger partial charge is 0.490 e. The fraction of sp³-hybridized carbons (Fsp3) is 0.577. The van der Waals surface area contributed by atoms with E-state index < -0.39 is 18.2 Å². The highest BCUT2D eigenvalue weighted by Gasteiger charge is 2.42. The van der Waals surface area contributed by atoms with Crippen molar-refractivity contribution < 1.29 is 24.9 Å². The molecular formula is C26H38O5. The van der Waals surface area contributed by atoms with Crippen LogP contribution < -0.4 is 4.74 Å². The molecule has 1 aromatic rings. The van der Waals surface area contributed by atoms with Gasteiger partial charge < -0.3 is 20.1 Å². The van der Waals surface area contributed by atoms with E-state index in [9.17, 15) is 15.0 Å². The molecule has 0 spiro atoms. The van der Waals surface area contributed by atoms with Crippen LogP contribution in [0, 0.1) is 11.8 Å². The zero-order chi connectivity index (χ0) is 22.5. The van der Waals surface area contributed by atoms with Gasteiger partial charge in [-0.25, -0.2) is 0 Å². The van der Waals surface area contributed by atoms with Crippen molar-refractivity contribution in [1.29, 1.82) is 0 Å². The van der Waals surface area contributed by atoms with Gasteiger partial charge in [0, 0.05) is 24.7 Å². The molecule has 5 atom stereocenters. The second-order valence-electron chi connectivity index (χ2n) is 8.45. The molecule has 1 unspecified atom stereocenters. The van der Waals surface area contributed by atoms with E-state index in [1.807, 2.05) is 48.6 Å². The Hall–Kier alpha value is -2.11. The van der Waals surface area contributed by atoms with Crippen LogP contribution in [0.2, 0.25) is 0 Å². The maximum absolute atomic E-state index is 10.7. The van der Waals surface area contributed by atoms with Gasteiger partial charge in [0.1, 0.15) is 11.9 Å². The van der Waals surface area contributed by atoms with E-state index in [1.54, 1.807) is 0 Å². The van der Waals surface area contributed by atoms with Crippen LogP contribution in [-0.2, 0) is 4.79 Å². The number of rotatable bonds is 14. The molecule has 5 nitrogen and oxygen atoms in total. The molecular weight excluding hydrogens is 392 g/mol. The highest BCUT2D eigenvalue weighted by Crippen LogP contribution is 2.38. The summed E-state index contributed by atoms with van der Waals surface area (Å²) in [6, 6.07) is 9.65. The summed E-state index contributed by atoms with van der Waals surface area (Å²) >= 11 is 0. The quantitative estimate of drug-likeness (QED) is 0.281. The third kappa shape index (κ3) is 9.28. The van der Waals surface area contributed by atoms with Gasteiger partial charge >= 0.3 is 5.97 Å². The Labute approximate surface area is 186 Å². The average Bonchev–Trinajstić information content (AvgIpc) is 3.03. The number of aliphatic hydroxyl groups excluding tert-OH is 2. The van der Waals surface area contributed by atoms with E-state index in [1.165, 1.54) is 0 Å². The van der Waals surface area contributed by atoms with Crippen molar-refractivity contribution in [2.75, 3.05) is 0 Å². The van der Waals surface area contributed by atoms with Gasteiger partial charge in [0.05, 0.1) is 12.2 Å². The first-order valence-corrected chi connectivity index (χ1v) is 11.6. The third-order valence-electron chi connectivity index (χ3n) is 5.92. The minimum absolute atomic E-state index is 0.0850. The van der Waals surface area contributed by atoms with Gasteiger partial charge in [-0.15, -0.1) is 0 Å². The van der Waals surface area contributed by atoms with Crippen LogP contribution in [0.1, 0.15) is 64.7 Å². The first kappa shape index (κ1) is 25.2. The van der Waals surface area contributed by atoms with E-state index in [-0.39, 0.29) is 24.4 Å². The standard InChI is InChI=1S/C26H38O5/c1-2-3-7-12-20(27)17-18-22-23(15-10-4-5-11-16-26(29)30)25(19-24(22)28)31-21-13-8-6-9-14-21/h4,6,8-10,13-14,17-18,20,22-25,27-28H,2-3,5,7,11-12,15-16,19H2,1H3,(H,29,30)/t20?,22-,23-,24-,25-/m1/s1. The minimum atomic E-state index is -0.772. The number of carbonyl (C=O) groups is 1. The molecule has 1 aliphatic carbocycles. The van der Waals surface area contributed by atoms with Crippen LogP contribution in [0.5, 0.6) is 5.75 Å². The molecule has 1 fully saturated rings. The van der Waals surface area contributed by atoms with Crippen molar-refractivity contribution in [3.8, 4) is 5.75 Å². The summed E-state index contributed by atoms with van der Waals surface area (Å²) in [4.78, 5) is 10.7. The smallest absolute Gasteiger partial charge is 0.303 e. The Balaban J connectivity index is 2.01. The number of benzene rings is 1. The maximum atomic E-state index is 10.7. The first-order chi connectivity index (χ1) is 15.0. The summed E-state index contributed by atoms with van der Waals surface area (Å²) in [5.74, 6) is 0.0222. The van der Waals surface area contributed by atoms with Gasteiger partial charge in [-0.3, -0.25) is 4.79 Å². The molecule has 0 aromatic heterocycles. The number of hydrogen-bond donors (Lipinski definition) is 3. The van der Waals surface area contributed by atoms with E-state index >= 15 is 0 Å². The molecule has 1 aliphatic rings. The Morgan fingerprint density at radius 2 is 1.97 bits per heavy atom. The number of aliphatic hydroxyl groups is 2. The van der Waals surface area contributed by atoms with Gasteiger partial charge in [-0.1, -0.05) is 68.7 Å². The van der Waals surface area contributed by atoms with Crippen molar-refractivity contribution in [3.63, 3.8) is 0 Å². The monoisotopic (exact) mass is 430 g/mol. The Kier molecular flexibility index (Phi) is 11.4. The molecule has 0 heterocycles. The van der Waals surface area contributed by atoms with Gasteiger partial charge in [0.25, 0.3) is 0 Å². The fourth-order valence-corrected chi connectivity index (χ4v) is 4.19. The van der Waals surface area contributed by atoms with E-state index in [0.29, 0.717) is 12.8 Å². The highest BCUT2D eigenvalue weighted by atomic mass is 16.5. The number of carboxylic acid groups (broad SMARTS) is 1. The van der Waals surface area contributed by atoms with E-state index in [4.69, 9.17) is 9.84 Å². The van der Waals surface area contributed by atoms with Gasteiger partial charge in [-0.2, -0.15) is 0 Å². The topological polar surface area (TPSA) is 87.0 Å². The van der Waals surface area contributed by atoms with Crippen molar-refractivity contribution in [3.05, 3.63) is 54.6 Å². The van der Waals surface area contributed by atoms with Crippen LogP contribution in [0.4, 0.5) is 0 Å². The molecule has 31 heavy (non-hydrogen) atoms. The normalized spacial score (nSPS) is 24.7. The third-order valence-corrected chi connectivity index (χ3v) is 5.92. The lowest BCUT2D eigenvalue weighted by molar-refractivity contribution is -0.137. The number of ether oxygens (including phenoxy) is 1. The lowest BCUT2D eigenvalue weighted by Crippen LogP contribution is -2.24. The molecule has 5 heteroatoms. The zero-order valence-corrected chi connectivity index (χ0v) is 18.6. The van der Waals surface area contributed by atoms with Gasteiger partial charge in [0.15, 0.2) is 0 Å². The number of para-hydroxylation sites is 1. The van der Waals surface area contributed by atoms with Crippen LogP contribution >= 0.6 is 0 Å². The number of hydrogen-bond acceptors (Lipinski definition) is 4. The molecule has 0 radical (unpaired) electrons. The van der Waals surface area contributed by atoms with Crippen molar-refractivity contribution in [2.24, 2.45) is 11.8 Å². The van der Waals surface area contributed by atoms with Crippen LogP contribution in [-0.4, -0.2) is 39.6 Å². The second kappa shape index (κ2) is 14.0. The summed E-state index contributed by atoms with van der Waals surface area (Å²) in [5, 5.41) is 29.8. The highest BCUT2D eigenvalue weighted by molar-refractivity contribution is 5.66. The zero-order valence-electron chi connectivity index (χ0n) is 18.6. The first-order valence-electron chi connectivity index (χ1n) is 11.6. The van der Waals surface area contributed by atoms with E-state index in [2.05, 4.69) is 13.0 Å². The molecule has 1 aromatic carbocycles. The fourth-order valence-electron chi connectivity index (χ4n) is 4.19. The number of allylic oxidation sites excluding steroid dienone is 2. The number of unbranched alkanes of at least 4 members (excludes halogenated alkanes) is 3. The van der Waals surface area contributed by atoms with Crippen molar-refractivity contribution in [1.82, 2.24) is 0 Å². The minimum Gasteiger partial charge on any atom is -0.490 e. The number of carboxylic acids is 1. The predicted molar refractivity (Wildman–Crippen MR) is 123 cm³/mol. The lowest BCUT2D eigenvalue weighted by Gasteiger charge is -2.23. The molecule has 172 valence electrons. The lowest BCUT2D eigenvalue weighted by atomic mass is 9.89. The average molecular weight is 431 g/mol. The van der Waals surface area contributed by atoms with Crippen LogP contribution in [0.3, 0.4) is 0 Å². The maximum Gasteiger partial charge on any atom is 0.303 e. The van der Waals surface area contributed by atoms with Crippen molar-refractivity contribution >= 4 is 5.97 Å². The van der Waals surface area contributed by atoms with Crippen LogP contribution in [0.25, 0.3) is 0 Å². The second-order valence-corrected chi connectivity index (χ2v) is 8.45. The van der Waals surface area contributed by atoms with E-state index in [0.717, 1.165) is 44.3 Å². The Morgan fingerprint density at radius 1 is 1.19 bits per heavy atom. The summed E-state index contributed by atoms with van der Waals surface area (Å²) in [5.41, 5.74) is 0. The van der Waals surface area contributed by atoms with Crippen LogP contribution in [0.15, 0.2) is 54.6 Å². The number of aliphatic carboxylic acids is 1. The summed E-state index contributed by atoms with van der Waals surface area (Å²) in [6.07, 6.45) is 13.6. The summed E-state index contributed by atoms with van der Waals surface area (Å²) < 4.78 is 6.22. The summed E-state index contributed by atoms with van der Waals surface area (Å²) in [6.45, 7) is 2.14. The SMILES string of the molecule is CCCCCC(O)C=C[C@@H]1[C@@H](CC=CCCCC(=O)O)[C@H](Oc2ccccc2)C[C@H]1O.